The van der Waals surface area contributed by atoms with E-state index in [-0.39, 0.29) is 24.0 Å². The van der Waals surface area contributed by atoms with Gasteiger partial charge in [0.05, 0.1) is 18.3 Å². The van der Waals surface area contributed by atoms with Crippen molar-refractivity contribution in [2.75, 3.05) is 28.7 Å². The molecule has 162 valence electrons. The molecule has 1 aromatic rings. The first kappa shape index (κ1) is 22.3. The number of phosphoric ester groups is 1. The van der Waals surface area contributed by atoms with E-state index in [2.05, 4.69) is 21.4 Å². The van der Waals surface area contributed by atoms with E-state index in [0.29, 0.717) is 29.3 Å². The zero-order valence-electron chi connectivity index (χ0n) is 16.2. The number of aromatic amines is 1. The summed E-state index contributed by atoms with van der Waals surface area (Å²) in [5.74, 6) is 1.69. The Morgan fingerprint density at radius 1 is 1.48 bits per heavy atom. The number of hydrogen-bond acceptors (Lipinski definition) is 8. The second-order valence-corrected chi connectivity index (χ2v) is 9.41. The molecule has 2 aliphatic rings. The van der Waals surface area contributed by atoms with Crippen molar-refractivity contribution < 1.29 is 23.6 Å². The van der Waals surface area contributed by atoms with Gasteiger partial charge in [0.15, 0.2) is 0 Å². The molecule has 2 aliphatic heterocycles. The third-order valence-electron chi connectivity index (χ3n) is 4.85. The molecule has 3 atom stereocenters. The van der Waals surface area contributed by atoms with E-state index < -0.39 is 20.2 Å². The van der Waals surface area contributed by atoms with Crippen LogP contribution in [0.2, 0.25) is 0 Å². The summed E-state index contributed by atoms with van der Waals surface area (Å²) < 4.78 is 21.6. The van der Waals surface area contributed by atoms with Crippen LogP contribution in [0.25, 0.3) is 0 Å². The molecule has 1 aromatic heterocycles. The van der Waals surface area contributed by atoms with Crippen molar-refractivity contribution in [1.29, 1.82) is 0 Å². The van der Waals surface area contributed by atoms with Crippen LogP contribution < -0.4 is 16.2 Å². The van der Waals surface area contributed by atoms with Gasteiger partial charge < -0.3 is 25.2 Å². The van der Waals surface area contributed by atoms with Crippen LogP contribution in [0.1, 0.15) is 44.1 Å². The standard InChI is InChI=1S/C17H27N4O6PS/c1-2-3-5-11-6-4-7-21(15-14(11)16(22)20-17(18)19-15)13-10-29-9-12(27-13)8-26-28(23,24)25/h4,7,11-13H,2-3,5-6,8-10H2,1H3,(H2,23,24,25)(H3,18,19,20,22)/t11?,12-,13-/m1/s1. The van der Waals surface area contributed by atoms with Crippen LogP contribution in [0.4, 0.5) is 11.8 Å². The van der Waals surface area contributed by atoms with Crippen molar-refractivity contribution in [3.05, 3.63) is 28.2 Å². The zero-order valence-corrected chi connectivity index (χ0v) is 17.9. The quantitative estimate of drug-likeness (QED) is 0.457. The highest BCUT2D eigenvalue weighted by atomic mass is 32.2. The number of H-pyrrole nitrogens is 1. The molecule has 12 heteroatoms. The van der Waals surface area contributed by atoms with Crippen LogP contribution in [-0.4, -0.2) is 50.2 Å². The summed E-state index contributed by atoms with van der Waals surface area (Å²) in [4.78, 5) is 39.4. The van der Waals surface area contributed by atoms with Gasteiger partial charge in [0.25, 0.3) is 5.56 Å². The number of unbranched alkanes of at least 4 members (excludes halogenated alkanes) is 1. The molecule has 1 fully saturated rings. The van der Waals surface area contributed by atoms with Crippen molar-refractivity contribution in [3.8, 4) is 0 Å². The Hall–Kier alpha value is -1.36. The highest BCUT2D eigenvalue weighted by Crippen LogP contribution is 2.38. The summed E-state index contributed by atoms with van der Waals surface area (Å²) in [5.41, 5.74) is 6.18. The van der Waals surface area contributed by atoms with E-state index in [4.69, 9.17) is 20.3 Å². The lowest BCUT2D eigenvalue weighted by Gasteiger charge is -2.36. The van der Waals surface area contributed by atoms with E-state index >= 15 is 0 Å². The molecule has 0 radical (unpaired) electrons. The third kappa shape index (κ3) is 5.84. The fourth-order valence-electron chi connectivity index (χ4n) is 3.54. The number of nitrogen functional groups attached to an aromatic ring is 1. The number of anilines is 2. The number of nitrogens with zero attached hydrogens (tertiary/aromatic N) is 2. The second kappa shape index (κ2) is 9.63. The summed E-state index contributed by atoms with van der Waals surface area (Å²) in [5, 5.41) is 0. The smallest absolute Gasteiger partial charge is 0.369 e. The molecule has 0 amide bonds. The molecular formula is C17H27N4O6PS. The van der Waals surface area contributed by atoms with Crippen molar-refractivity contribution in [1.82, 2.24) is 9.97 Å². The van der Waals surface area contributed by atoms with Crippen LogP contribution in [0, 0.1) is 0 Å². The average Bonchev–Trinajstić information content (AvgIpc) is 2.84. The number of hydrogen-bond donors (Lipinski definition) is 4. The zero-order chi connectivity index (χ0) is 21.0. The maximum absolute atomic E-state index is 12.7. The number of aromatic nitrogens is 2. The van der Waals surface area contributed by atoms with Gasteiger partial charge in [-0.1, -0.05) is 25.8 Å². The number of rotatable bonds is 7. The Bertz CT molecular complexity index is 844. The molecular weight excluding hydrogens is 419 g/mol. The molecule has 5 N–H and O–H groups in total. The van der Waals surface area contributed by atoms with Crippen molar-refractivity contribution >= 4 is 31.4 Å². The largest absolute Gasteiger partial charge is 0.469 e. The van der Waals surface area contributed by atoms with Crippen LogP contribution in [0.3, 0.4) is 0 Å². The number of nitrogens with one attached hydrogen (secondary N) is 1. The summed E-state index contributed by atoms with van der Waals surface area (Å²) in [6, 6.07) is 0. The van der Waals surface area contributed by atoms with Gasteiger partial charge in [-0.15, -0.1) is 0 Å². The van der Waals surface area contributed by atoms with E-state index in [1.165, 1.54) is 0 Å². The Morgan fingerprint density at radius 2 is 2.28 bits per heavy atom. The molecule has 10 nitrogen and oxygen atoms in total. The predicted octanol–water partition coefficient (Wildman–Crippen LogP) is 1.92. The summed E-state index contributed by atoms with van der Waals surface area (Å²) in [7, 11) is -4.57. The topological polar surface area (TPSA) is 151 Å². The fraction of sp³-hybridized carbons (Fsp3) is 0.647. The Morgan fingerprint density at radius 3 is 3.00 bits per heavy atom. The number of fused-ring (bicyclic) bond motifs is 1. The lowest BCUT2D eigenvalue weighted by atomic mass is 9.92. The SMILES string of the molecule is CCCCC1CC=CN([C@H]2CSC[C@@H](COP(=O)(O)O)O2)c2nc(N)[nH]c(=O)c21. The minimum atomic E-state index is -4.57. The molecule has 0 aliphatic carbocycles. The third-order valence-corrected chi connectivity index (χ3v) is 6.47. The van der Waals surface area contributed by atoms with Gasteiger partial charge in [-0.05, 0) is 18.8 Å². The van der Waals surface area contributed by atoms with E-state index in [1.807, 2.05) is 12.3 Å². The van der Waals surface area contributed by atoms with E-state index in [1.54, 1.807) is 16.7 Å². The number of phosphoric acid groups is 1. The minimum absolute atomic E-state index is 0.0353. The van der Waals surface area contributed by atoms with E-state index in [0.717, 1.165) is 19.3 Å². The van der Waals surface area contributed by atoms with Gasteiger partial charge in [-0.3, -0.25) is 14.3 Å². The molecule has 0 aromatic carbocycles. The van der Waals surface area contributed by atoms with Gasteiger partial charge in [0, 0.05) is 17.7 Å². The first-order valence-corrected chi connectivity index (χ1v) is 12.2. The van der Waals surface area contributed by atoms with E-state index in [9.17, 15) is 9.36 Å². The first-order valence-electron chi connectivity index (χ1n) is 9.56. The molecule has 0 bridgehead atoms. The van der Waals surface area contributed by atoms with Crippen molar-refractivity contribution in [2.24, 2.45) is 0 Å². The van der Waals surface area contributed by atoms with Crippen molar-refractivity contribution in [2.45, 2.75) is 50.9 Å². The Labute approximate surface area is 173 Å². The van der Waals surface area contributed by atoms with Gasteiger partial charge in [-0.2, -0.15) is 16.7 Å². The average molecular weight is 446 g/mol. The van der Waals surface area contributed by atoms with Crippen LogP contribution >= 0.6 is 19.6 Å². The highest BCUT2D eigenvalue weighted by molar-refractivity contribution is 7.99. The predicted molar refractivity (Wildman–Crippen MR) is 112 cm³/mol. The first-order chi connectivity index (χ1) is 13.8. The van der Waals surface area contributed by atoms with Gasteiger partial charge in [0.1, 0.15) is 12.0 Å². The lowest BCUT2D eigenvalue weighted by Crippen LogP contribution is -2.45. The second-order valence-electron chi connectivity index (χ2n) is 7.09. The normalized spacial score (nSPS) is 24.9. The van der Waals surface area contributed by atoms with Crippen LogP contribution in [-0.2, 0) is 13.8 Å². The summed E-state index contributed by atoms with van der Waals surface area (Å²) in [6.45, 7) is 1.89. The maximum Gasteiger partial charge on any atom is 0.469 e. The molecule has 29 heavy (non-hydrogen) atoms. The minimum Gasteiger partial charge on any atom is -0.369 e. The molecule has 0 spiro atoms. The van der Waals surface area contributed by atoms with Crippen molar-refractivity contribution in [3.63, 3.8) is 0 Å². The number of ether oxygens (including phenoxy) is 1. The molecule has 1 saturated heterocycles. The van der Waals surface area contributed by atoms with Gasteiger partial charge >= 0.3 is 7.82 Å². The molecule has 3 rings (SSSR count). The Kier molecular flexibility index (Phi) is 7.42. The number of allylic oxidation sites excluding steroid dienone is 1. The van der Waals surface area contributed by atoms with Crippen LogP contribution in [0.5, 0.6) is 0 Å². The molecule has 1 unspecified atom stereocenters. The Balaban J connectivity index is 1.87. The van der Waals surface area contributed by atoms with Crippen LogP contribution in [0.15, 0.2) is 17.1 Å². The highest BCUT2D eigenvalue weighted by Gasteiger charge is 2.33. The summed E-state index contributed by atoms with van der Waals surface area (Å²) in [6.07, 6.45) is 6.51. The monoisotopic (exact) mass is 446 g/mol. The lowest BCUT2D eigenvalue weighted by molar-refractivity contribution is -0.0185. The number of nitrogens with two attached hydrogens (primary N) is 1. The molecule has 0 saturated carbocycles. The fourth-order valence-corrected chi connectivity index (χ4v) is 4.91. The maximum atomic E-state index is 12.7. The molecule has 3 heterocycles. The number of thioether (sulfide) groups is 1. The summed E-state index contributed by atoms with van der Waals surface area (Å²) >= 11 is 1.58. The van der Waals surface area contributed by atoms with Gasteiger partial charge in [0.2, 0.25) is 5.95 Å². The van der Waals surface area contributed by atoms with Gasteiger partial charge in [-0.25, -0.2) is 4.57 Å².